The van der Waals surface area contributed by atoms with E-state index in [2.05, 4.69) is 22.1 Å². The van der Waals surface area contributed by atoms with Gasteiger partial charge in [0.1, 0.15) is 5.78 Å². The molecular weight excluding hydrogens is 294 g/mol. The van der Waals surface area contributed by atoms with Gasteiger partial charge in [0.25, 0.3) is 0 Å². The van der Waals surface area contributed by atoms with Gasteiger partial charge >= 0.3 is 0 Å². The fourth-order valence-electron chi connectivity index (χ4n) is 2.01. The molecule has 0 unspecified atom stereocenters. The summed E-state index contributed by atoms with van der Waals surface area (Å²) < 4.78 is 0.708. The van der Waals surface area contributed by atoms with Crippen molar-refractivity contribution in [3.05, 3.63) is 12.2 Å². The van der Waals surface area contributed by atoms with Crippen LogP contribution in [0.5, 0.6) is 0 Å². The third-order valence-electron chi connectivity index (χ3n) is 3.03. The number of rotatable bonds is 7. The summed E-state index contributed by atoms with van der Waals surface area (Å²) in [6, 6.07) is 0. The van der Waals surface area contributed by atoms with Crippen LogP contribution in [0.3, 0.4) is 0 Å². The smallest absolute Gasteiger partial charge is 0.223 e. The first-order chi connectivity index (χ1) is 9.52. The average Bonchev–Trinajstić information content (AvgIpc) is 2.77. The first-order valence-corrected chi connectivity index (χ1v) is 8.25. The zero-order chi connectivity index (χ0) is 14.5. The lowest BCUT2D eigenvalue weighted by Gasteiger charge is -2.27. The van der Waals surface area contributed by atoms with Gasteiger partial charge in [-0.25, -0.2) is 0 Å². The molecule has 0 bridgehead atoms. The standard InChI is InChI=1S/C13H17N3O2S2/c1-8-5-10(6-8)3-4-11(18)7-19-13-16-15-12(20-13)14-9(2)17/h10H,1,3-7H2,2H3,(H,14,15,17). The largest absolute Gasteiger partial charge is 0.301 e. The third-order valence-corrected chi connectivity index (χ3v) is 5.06. The number of nitrogens with one attached hydrogen (secondary N) is 1. The van der Waals surface area contributed by atoms with Crippen molar-refractivity contribution in [2.24, 2.45) is 5.92 Å². The van der Waals surface area contributed by atoms with Gasteiger partial charge in [0.05, 0.1) is 5.75 Å². The Morgan fingerprint density at radius 2 is 2.20 bits per heavy atom. The molecule has 0 aromatic carbocycles. The number of nitrogens with zero attached hydrogens (tertiary/aromatic N) is 2. The van der Waals surface area contributed by atoms with Crippen molar-refractivity contribution in [1.82, 2.24) is 10.2 Å². The molecule has 1 fully saturated rings. The van der Waals surface area contributed by atoms with Gasteiger partial charge in [-0.05, 0) is 25.2 Å². The van der Waals surface area contributed by atoms with Crippen molar-refractivity contribution in [2.45, 2.75) is 36.9 Å². The summed E-state index contributed by atoms with van der Waals surface area (Å²) in [7, 11) is 0. The van der Waals surface area contributed by atoms with E-state index in [0.717, 1.165) is 19.3 Å². The fraction of sp³-hybridized carbons (Fsp3) is 0.538. The number of carbonyl (C=O) groups excluding carboxylic acids is 2. The van der Waals surface area contributed by atoms with E-state index in [-0.39, 0.29) is 11.7 Å². The quantitative estimate of drug-likeness (QED) is 0.476. The zero-order valence-electron chi connectivity index (χ0n) is 11.3. The Morgan fingerprint density at radius 1 is 1.45 bits per heavy atom. The van der Waals surface area contributed by atoms with Crippen LogP contribution < -0.4 is 5.32 Å². The van der Waals surface area contributed by atoms with Crippen molar-refractivity contribution < 1.29 is 9.59 Å². The molecule has 1 saturated carbocycles. The molecule has 1 amide bonds. The molecule has 0 atom stereocenters. The van der Waals surface area contributed by atoms with Crippen LogP contribution in [-0.4, -0.2) is 27.6 Å². The van der Waals surface area contributed by atoms with E-state index in [1.807, 2.05) is 0 Å². The molecule has 1 aliphatic carbocycles. The Hall–Kier alpha value is -1.21. The summed E-state index contributed by atoms with van der Waals surface area (Å²) in [5, 5.41) is 10.8. The predicted molar refractivity (Wildman–Crippen MR) is 81.0 cm³/mol. The summed E-state index contributed by atoms with van der Waals surface area (Å²) in [4.78, 5) is 22.6. The van der Waals surface area contributed by atoms with E-state index in [1.165, 1.54) is 35.6 Å². The van der Waals surface area contributed by atoms with Crippen LogP contribution in [0.1, 0.15) is 32.6 Å². The van der Waals surface area contributed by atoms with Crippen LogP contribution in [0.4, 0.5) is 5.13 Å². The number of Topliss-reactive ketones (excluding diaryl/α,β-unsaturated/α-hetero) is 1. The number of carbonyl (C=O) groups is 2. The Labute approximate surface area is 126 Å². The van der Waals surface area contributed by atoms with Gasteiger partial charge in [0.15, 0.2) is 4.34 Å². The summed E-state index contributed by atoms with van der Waals surface area (Å²) >= 11 is 2.67. The number of hydrogen-bond acceptors (Lipinski definition) is 6. The van der Waals surface area contributed by atoms with Crippen LogP contribution in [0.2, 0.25) is 0 Å². The van der Waals surface area contributed by atoms with Crippen LogP contribution in [0, 0.1) is 5.92 Å². The topological polar surface area (TPSA) is 72.0 Å². The van der Waals surface area contributed by atoms with Crippen LogP contribution >= 0.6 is 23.1 Å². The minimum absolute atomic E-state index is 0.170. The van der Waals surface area contributed by atoms with Crippen molar-refractivity contribution in [2.75, 3.05) is 11.1 Å². The van der Waals surface area contributed by atoms with Crippen molar-refractivity contribution in [3.63, 3.8) is 0 Å². The van der Waals surface area contributed by atoms with Gasteiger partial charge in [-0.1, -0.05) is 35.3 Å². The Kier molecular flexibility index (Phi) is 5.31. The highest BCUT2D eigenvalue weighted by molar-refractivity contribution is 8.01. The normalized spacial score (nSPS) is 14.9. The molecule has 0 radical (unpaired) electrons. The molecule has 0 saturated heterocycles. The van der Waals surface area contributed by atoms with Crippen LogP contribution in [0.15, 0.2) is 16.5 Å². The van der Waals surface area contributed by atoms with E-state index in [1.54, 1.807) is 0 Å². The molecule has 1 aliphatic rings. The monoisotopic (exact) mass is 311 g/mol. The second-order valence-corrected chi connectivity index (χ2v) is 7.14. The number of hydrogen-bond donors (Lipinski definition) is 1. The molecule has 2 rings (SSSR count). The zero-order valence-corrected chi connectivity index (χ0v) is 13.0. The molecule has 0 aliphatic heterocycles. The first-order valence-electron chi connectivity index (χ1n) is 6.45. The maximum atomic E-state index is 11.8. The van der Waals surface area contributed by atoms with E-state index < -0.39 is 0 Å². The summed E-state index contributed by atoms with van der Waals surface area (Å²) in [6.07, 6.45) is 3.75. The Balaban J connectivity index is 1.66. The van der Waals surface area contributed by atoms with Gasteiger partial charge < -0.3 is 5.32 Å². The lowest BCUT2D eigenvalue weighted by Crippen LogP contribution is -2.15. The Morgan fingerprint density at radius 3 is 2.85 bits per heavy atom. The molecular formula is C13H17N3O2S2. The van der Waals surface area contributed by atoms with Crippen molar-refractivity contribution in [1.29, 1.82) is 0 Å². The number of thioether (sulfide) groups is 1. The molecule has 1 N–H and O–H groups in total. The molecule has 1 aromatic rings. The van der Waals surface area contributed by atoms with E-state index in [0.29, 0.717) is 27.6 Å². The highest BCUT2D eigenvalue weighted by atomic mass is 32.2. The van der Waals surface area contributed by atoms with Gasteiger partial charge in [-0.2, -0.15) is 0 Å². The molecule has 0 spiro atoms. The summed E-state index contributed by atoms with van der Waals surface area (Å²) in [6.45, 7) is 5.33. The van der Waals surface area contributed by atoms with Gasteiger partial charge in [-0.15, -0.1) is 10.2 Å². The van der Waals surface area contributed by atoms with Gasteiger partial charge in [-0.3, -0.25) is 9.59 Å². The third kappa shape index (κ3) is 4.72. The minimum Gasteiger partial charge on any atom is -0.301 e. The molecule has 1 aromatic heterocycles. The molecule has 1 heterocycles. The second-order valence-electron chi connectivity index (χ2n) is 4.94. The molecule has 5 nitrogen and oxygen atoms in total. The lowest BCUT2D eigenvalue weighted by atomic mass is 9.78. The van der Waals surface area contributed by atoms with Gasteiger partial charge in [0, 0.05) is 13.3 Å². The van der Waals surface area contributed by atoms with E-state index in [4.69, 9.17) is 0 Å². The summed E-state index contributed by atoms with van der Waals surface area (Å²) in [5.41, 5.74) is 1.30. The second kappa shape index (κ2) is 6.99. The molecule has 108 valence electrons. The molecule has 7 heteroatoms. The van der Waals surface area contributed by atoms with Crippen LogP contribution in [0.25, 0.3) is 0 Å². The lowest BCUT2D eigenvalue weighted by molar-refractivity contribution is -0.117. The number of allylic oxidation sites excluding steroid dienone is 1. The average molecular weight is 311 g/mol. The maximum Gasteiger partial charge on any atom is 0.223 e. The van der Waals surface area contributed by atoms with E-state index >= 15 is 0 Å². The van der Waals surface area contributed by atoms with Gasteiger partial charge in [0.2, 0.25) is 11.0 Å². The SMILES string of the molecule is C=C1CC(CCC(=O)CSc2nnc(NC(C)=O)s2)C1. The Bertz CT molecular complexity index is 519. The number of ketones is 1. The highest BCUT2D eigenvalue weighted by Crippen LogP contribution is 2.35. The maximum absolute atomic E-state index is 11.8. The minimum atomic E-state index is -0.170. The van der Waals surface area contributed by atoms with Crippen molar-refractivity contribution >= 4 is 39.9 Å². The molecule has 20 heavy (non-hydrogen) atoms. The van der Waals surface area contributed by atoms with Crippen LogP contribution in [-0.2, 0) is 9.59 Å². The van der Waals surface area contributed by atoms with Crippen molar-refractivity contribution in [3.8, 4) is 0 Å². The highest BCUT2D eigenvalue weighted by Gasteiger charge is 2.21. The number of aromatic nitrogens is 2. The fourth-order valence-corrected chi connectivity index (χ4v) is 3.71. The first kappa shape index (κ1) is 15.2. The summed E-state index contributed by atoms with van der Waals surface area (Å²) in [5.74, 6) is 1.14. The number of amides is 1. The number of anilines is 1. The van der Waals surface area contributed by atoms with E-state index in [9.17, 15) is 9.59 Å². The predicted octanol–water partition coefficient (Wildman–Crippen LogP) is 2.90.